The number of carbonyl (C=O) groups is 1. The first-order valence-corrected chi connectivity index (χ1v) is 5.23. The van der Waals surface area contributed by atoms with Gasteiger partial charge in [-0.25, -0.2) is 14.4 Å². The fourth-order valence-electron chi connectivity index (χ4n) is 1.24. The van der Waals surface area contributed by atoms with Gasteiger partial charge in [0.15, 0.2) is 12.1 Å². The molecule has 0 aliphatic rings. The van der Waals surface area contributed by atoms with Gasteiger partial charge in [0.2, 0.25) is 0 Å². The van der Waals surface area contributed by atoms with Crippen LogP contribution in [0, 0.1) is 5.82 Å². The topological polar surface area (TPSA) is 42.9 Å². The molecular weight excluding hydrogens is 275 g/mol. The number of hydrogen-bond donors (Lipinski definition) is 0. The van der Waals surface area contributed by atoms with Gasteiger partial charge in [-0.05, 0) is 40.2 Å². The average Bonchev–Trinajstić information content (AvgIpc) is 2.29. The quantitative estimate of drug-likeness (QED) is 0.795. The zero-order valence-corrected chi connectivity index (χ0v) is 9.61. The number of carbonyl (C=O) groups excluding carboxylic acids is 1. The van der Waals surface area contributed by atoms with Crippen molar-refractivity contribution in [3.63, 3.8) is 0 Å². The molecule has 0 fully saturated rings. The smallest absolute Gasteiger partial charge is 0.168 e. The molecule has 3 nitrogen and oxygen atoms in total. The van der Waals surface area contributed by atoms with Crippen LogP contribution in [-0.4, -0.2) is 16.3 Å². The standard InChI is InChI=1S/C11H6BrFN2O/c12-10-5-7(13)1-2-9(10)11-14-4-3-8(6-16)15-11/h1-6H. The summed E-state index contributed by atoms with van der Waals surface area (Å²) >= 11 is 3.22. The first-order chi connectivity index (χ1) is 7.70. The highest BCUT2D eigenvalue weighted by Gasteiger charge is 2.07. The molecule has 0 aliphatic carbocycles. The van der Waals surface area contributed by atoms with E-state index in [1.807, 2.05) is 0 Å². The number of hydrogen-bond acceptors (Lipinski definition) is 3. The van der Waals surface area contributed by atoms with E-state index in [1.165, 1.54) is 24.4 Å². The molecule has 0 bridgehead atoms. The van der Waals surface area contributed by atoms with E-state index in [4.69, 9.17) is 0 Å². The summed E-state index contributed by atoms with van der Waals surface area (Å²) in [6.07, 6.45) is 2.13. The molecule has 0 aliphatic heterocycles. The van der Waals surface area contributed by atoms with Gasteiger partial charge in [0.25, 0.3) is 0 Å². The Kier molecular flexibility index (Phi) is 3.05. The molecule has 1 heterocycles. The van der Waals surface area contributed by atoms with E-state index < -0.39 is 0 Å². The second kappa shape index (κ2) is 4.49. The van der Waals surface area contributed by atoms with Crippen molar-refractivity contribution in [3.8, 4) is 11.4 Å². The van der Waals surface area contributed by atoms with Crippen LogP contribution >= 0.6 is 15.9 Å². The molecule has 1 aromatic carbocycles. The highest BCUT2D eigenvalue weighted by atomic mass is 79.9. The van der Waals surface area contributed by atoms with E-state index in [1.54, 1.807) is 6.07 Å². The van der Waals surface area contributed by atoms with Crippen LogP contribution in [0.15, 0.2) is 34.9 Å². The Morgan fingerprint density at radius 1 is 1.31 bits per heavy atom. The maximum absolute atomic E-state index is 12.9. The Morgan fingerprint density at radius 3 is 2.81 bits per heavy atom. The fourth-order valence-corrected chi connectivity index (χ4v) is 1.77. The Hall–Kier alpha value is -1.62. The minimum atomic E-state index is -0.345. The molecule has 0 saturated carbocycles. The second-order valence-corrected chi connectivity index (χ2v) is 3.90. The summed E-state index contributed by atoms with van der Waals surface area (Å²) in [4.78, 5) is 18.6. The molecule has 0 unspecified atom stereocenters. The van der Waals surface area contributed by atoms with Crippen molar-refractivity contribution >= 4 is 22.2 Å². The molecule has 0 saturated heterocycles. The lowest BCUT2D eigenvalue weighted by Gasteiger charge is -2.03. The number of aromatic nitrogens is 2. The van der Waals surface area contributed by atoms with Crippen molar-refractivity contribution in [3.05, 3.63) is 46.4 Å². The van der Waals surface area contributed by atoms with Gasteiger partial charge in [-0.3, -0.25) is 4.79 Å². The number of benzene rings is 1. The fraction of sp³-hybridized carbons (Fsp3) is 0. The zero-order chi connectivity index (χ0) is 11.5. The van der Waals surface area contributed by atoms with Crippen LogP contribution in [0.3, 0.4) is 0 Å². The first-order valence-electron chi connectivity index (χ1n) is 4.44. The van der Waals surface area contributed by atoms with Gasteiger partial charge in [0.1, 0.15) is 11.5 Å². The second-order valence-electron chi connectivity index (χ2n) is 3.05. The van der Waals surface area contributed by atoms with Gasteiger partial charge in [0.05, 0.1) is 0 Å². The molecule has 2 aromatic rings. The van der Waals surface area contributed by atoms with Gasteiger partial charge in [0, 0.05) is 16.2 Å². The number of halogens is 2. The average molecular weight is 281 g/mol. The van der Waals surface area contributed by atoms with E-state index in [9.17, 15) is 9.18 Å². The summed E-state index contributed by atoms with van der Waals surface area (Å²) in [5.41, 5.74) is 0.936. The van der Waals surface area contributed by atoms with Crippen LogP contribution in [0.4, 0.5) is 4.39 Å². The van der Waals surface area contributed by atoms with E-state index in [0.29, 0.717) is 27.8 Å². The van der Waals surface area contributed by atoms with Gasteiger partial charge >= 0.3 is 0 Å². The van der Waals surface area contributed by atoms with Gasteiger partial charge in [-0.15, -0.1) is 0 Å². The lowest BCUT2D eigenvalue weighted by molar-refractivity contribution is 0.111. The van der Waals surface area contributed by atoms with Crippen molar-refractivity contribution in [2.45, 2.75) is 0 Å². The largest absolute Gasteiger partial charge is 0.296 e. The summed E-state index contributed by atoms with van der Waals surface area (Å²) in [5, 5.41) is 0. The lowest BCUT2D eigenvalue weighted by atomic mass is 10.2. The first kappa shape index (κ1) is 10.9. The predicted octanol–water partition coefficient (Wildman–Crippen LogP) is 2.86. The molecule has 0 radical (unpaired) electrons. The Bertz CT molecular complexity index is 545. The SMILES string of the molecule is O=Cc1ccnc(-c2ccc(F)cc2Br)n1. The maximum Gasteiger partial charge on any atom is 0.168 e. The van der Waals surface area contributed by atoms with Crippen molar-refractivity contribution in [1.29, 1.82) is 0 Å². The normalized spacial score (nSPS) is 10.1. The Morgan fingerprint density at radius 2 is 2.12 bits per heavy atom. The number of aldehydes is 1. The molecular formula is C11H6BrFN2O. The monoisotopic (exact) mass is 280 g/mol. The van der Waals surface area contributed by atoms with E-state index in [-0.39, 0.29) is 5.82 Å². The molecule has 80 valence electrons. The predicted molar refractivity (Wildman–Crippen MR) is 60.5 cm³/mol. The van der Waals surface area contributed by atoms with Gasteiger partial charge in [-0.1, -0.05) is 0 Å². The summed E-state index contributed by atoms with van der Waals surface area (Å²) < 4.78 is 13.4. The van der Waals surface area contributed by atoms with E-state index in [2.05, 4.69) is 25.9 Å². The molecule has 16 heavy (non-hydrogen) atoms. The summed E-state index contributed by atoms with van der Waals surface area (Å²) in [6.45, 7) is 0. The van der Waals surface area contributed by atoms with E-state index >= 15 is 0 Å². The zero-order valence-electron chi connectivity index (χ0n) is 8.02. The van der Waals surface area contributed by atoms with Crippen LogP contribution in [0.2, 0.25) is 0 Å². The number of rotatable bonds is 2. The highest BCUT2D eigenvalue weighted by molar-refractivity contribution is 9.10. The van der Waals surface area contributed by atoms with E-state index in [0.717, 1.165) is 0 Å². The maximum atomic E-state index is 12.9. The Balaban J connectivity index is 2.53. The Labute approximate surface area is 99.5 Å². The highest BCUT2D eigenvalue weighted by Crippen LogP contribution is 2.25. The molecule has 5 heteroatoms. The van der Waals surface area contributed by atoms with Crippen LogP contribution in [0.5, 0.6) is 0 Å². The minimum absolute atomic E-state index is 0.293. The van der Waals surface area contributed by atoms with Crippen molar-refractivity contribution in [1.82, 2.24) is 9.97 Å². The van der Waals surface area contributed by atoms with Crippen LogP contribution in [0.25, 0.3) is 11.4 Å². The molecule has 0 amide bonds. The van der Waals surface area contributed by atoms with Crippen LogP contribution < -0.4 is 0 Å². The molecule has 0 N–H and O–H groups in total. The molecule has 0 atom stereocenters. The molecule has 1 aromatic heterocycles. The minimum Gasteiger partial charge on any atom is -0.296 e. The third-order valence-corrected chi connectivity index (χ3v) is 2.63. The number of nitrogens with zero attached hydrogens (tertiary/aromatic N) is 2. The van der Waals surface area contributed by atoms with Crippen LogP contribution in [0.1, 0.15) is 10.5 Å². The third-order valence-electron chi connectivity index (χ3n) is 1.97. The van der Waals surface area contributed by atoms with Crippen molar-refractivity contribution in [2.75, 3.05) is 0 Å². The summed E-state index contributed by atoms with van der Waals surface area (Å²) in [6, 6.07) is 5.71. The van der Waals surface area contributed by atoms with Crippen molar-refractivity contribution < 1.29 is 9.18 Å². The third kappa shape index (κ3) is 2.14. The lowest BCUT2D eigenvalue weighted by Crippen LogP contribution is -1.94. The summed E-state index contributed by atoms with van der Waals surface area (Å²) in [7, 11) is 0. The van der Waals surface area contributed by atoms with Crippen LogP contribution in [-0.2, 0) is 0 Å². The summed E-state index contributed by atoms with van der Waals surface area (Å²) in [5.74, 6) is 0.0404. The molecule has 2 rings (SSSR count). The molecule has 0 spiro atoms. The van der Waals surface area contributed by atoms with Gasteiger partial charge < -0.3 is 0 Å². The van der Waals surface area contributed by atoms with Crippen molar-refractivity contribution in [2.24, 2.45) is 0 Å². The van der Waals surface area contributed by atoms with Gasteiger partial charge in [-0.2, -0.15) is 0 Å².